The number of ether oxygens (including phenoxy) is 4. The van der Waals surface area contributed by atoms with E-state index in [0.717, 1.165) is 37.9 Å². The third-order valence-electron chi connectivity index (χ3n) is 13.4. The van der Waals surface area contributed by atoms with Gasteiger partial charge in [-0.05, 0) is 134 Å². The summed E-state index contributed by atoms with van der Waals surface area (Å²) in [6, 6.07) is 29.4. The van der Waals surface area contributed by atoms with Crippen molar-refractivity contribution < 1.29 is 51.6 Å². The monoisotopic (exact) mass is 1120 g/mol. The van der Waals surface area contributed by atoms with Gasteiger partial charge in [-0.25, -0.2) is 23.0 Å². The third kappa shape index (κ3) is 12.8. The fraction of sp³-hybridized carbons (Fsp3) is 0.321. The Hall–Kier alpha value is -7.21. The van der Waals surface area contributed by atoms with E-state index in [1.54, 1.807) is 74.2 Å². The van der Waals surface area contributed by atoms with E-state index in [-0.39, 0.29) is 53.5 Å². The summed E-state index contributed by atoms with van der Waals surface area (Å²) < 4.78 is 55.2. The number of carbonyl (C=O) groups excluding carboxylic acids is 3. The van der Waals surface area contributed by atoms with Crippen LogP contribution in [0.3, 0.4) is 0 Å². The number of anilines is 1. The van der Waals surface area contributed by atoms with E-state index >= 15 is 8.42 Å². The molecule has 1 aromatic heterocycles. The van der Waals surface area contributed by atoms with Crippen molar-refractivity contribution in [3.63, 3.8) is 0 Å². The lowest BCUT2D eigenvalue weighted by Crippen LogP contribution is -2.55. The molecule has 5 aromatic carbocycles. The Morgan fingerprint density at radius 2 is 1.55 bits per heavy atom. The number of nitrogens with zero attached hydrogens (tertiary/aromatic N) is 4. The van der Waals surface area contributed by atoms with E-state index in [0.29, 0.717) is 75.5 Å². The molecule has 3 amide bonds. The van der Waals surface area contributed by atoms with Crippen LogP contribution in [0.2, 0.25) is 10.0 Å². The molecule has 0 aliphatic carbocycles. The van der Waals surface area contributed by atoms with Gasteiger partial charge in [0.25, 0.3) is 10.0 Å². The fourth-order valence-corrected chi connectivity index (χ4v) is 12.7. The topological polar surface area (TPSA) is 227 Å². The number of carboxylic acid groups (broad SMARTS) is 1. The number of halogens is 2. The van der Waals surface area contributed by atoms with Gasteiger partial charge in [-0.2, -0.15) is 9.57 Å². The number of hydrogen-bond acceptors (Lipinski definition) is 13. The van der Waals surface area contributed by atoms with Crippen molar-refractivity contribution in [2.75, 3.05) is 25.0 Å². The smallest absolute Gasteiger partial charge is 0.410 e. The van der Waals surface area contributed by atoms with Crippen LogP contribution in [-0.4, -0.2) is 89.0 Å². The van der Waals surface area contributed by atoms with E-state index in [9.17, 15) is 29.5 Å². The highest BCUT2D eigenvalue weighted by Gasteiger charge is 2.43. The number of nitrogens with one attached hydrogen (secondary N) is 2. The number of aliphatic carboxylic acids is 1. The number of nitriles is 1. The van der Waals surface area contributed by atoms with Crippen LogP contribution in [-0.2, 0) is 55.1 Å². The number of hydrogen-bond donors (Lipinski definition) is 3. The zero-order chi connectivity index (χ0) is 54.8. The summed E-state index contributed by atoms with van der Waals surface area (Å²) in [4.78, 5) is 59.7. The second-order valence-corrected chi connectivity index (χ2v) is 23.9. The largest absolute Gasteiger partial charge is 0.489 e. The molecule has 3 atom stereocenters. The van der Waals surface area contributed by atoms with E-state index in [4.69, 9.17) is 42.1 Å². The van der Waals surface area contributed by atoms with E-state index < -0.39 is 57.7 Å². The van der Waals surface area contributed by atoms with Crippen LogP contribution in [0, 0.1) is 24.2 Å². The third-order valence-corrected chi connectivity index (χ3v) is 17.6. The molecular weight excluding hydrogens is 1070 g/mol. The summed E-state index contributed by atoms with van der Waals surface area (Å²) in [6.07, 6.45) is -0.563. The molecule has 17 nitrogen and oxygen atoms in total. The fourth-order valence-electron chi connectivity index (χ4n) is 9.26. The van der Waals surface area contributed by atoms with Gasteiger partial charge < -0.3 is 39.6 Å². The number of amides is 3. The van der Waals surface area contributed by atoms with Gasteiger partial charge in [-0.15, -0.1) is 0 Å². The SMILES string of the molecule is Cc1nc(NC(=O)C2CCN(C(=O)OC(C)(C)C)CC2)sc1S(=O)(=O)N1Cc2cc3c(cc2C[C@H]1C(=O)N[C@@H](Cc1ccc(-c2ccc(C#N)cc2)cc1)C(=O)O)OCC(c1ccc(OCc2ccc(Cl)c(Cl)c2)cc1)O3. The average Bonchev–Trinajstić information content (AvgIpc) is 3.83. The van der Waals surface area contributed by atoms with Crippen LogP contribution in [0.1, 0.15) is 78.8 Å². The number of carbonyl (C=O) groups is 4. The number of thiazole rings is 1. The first kappa shape index (κ1) is 54.6. The van der Waals surface area contributed by atoms with Gasteiger partial charge in [0.15, 0.2) is 26.9 Å². The molecule has 0 spiro atoms. The Balaban J connectivity index is 0.942. The van der Waals surface area contributed by atoms with Gasteiger partial charge in [-0.3, -0.25) is 9.59 Å². The summed E-state index contributed by atoms with van der Waals surface area (Å²) in [5.74, 6) is -1.68. The molecule has 0 bridgehead atoms. The van der Waals surface area contributed by atoms with Gasteiger partial charge in [-0.1, -0.05) is 89.1 Å². The number of fused-ring (bicyclic) bond motifs is 2. The van der Waals surface area contributed by atoms with Crippen LogP contribution >= 0.6 is 34.5 Å². The molecule has 4 heterocycles. The lowest BCUT2D eigenvalue weighted by Gasteiger charge is -2.36. The molecule has 21 heteroatoms. The number of likely N-dealkylation sites (tertiary alicyclic amines) is 1. The highest BCUT2D eigenvalue weighted by Crippen LogP contribution is 2.43. The van der Waals surface area contributed by atoms with Crippen LogP contribution < -0.4 is 24.8 Å². The molecule has 1 saturated heterocycles. The van der Waals surface area contributed by atoms with Gasteiger partial charge in [0.05, 0.1) is 27.4 Å². The first-order chi connectivity index (χ1) is 36.7. The maximum Gasteiger partial charge on any atom is 0.410 e. The highest BCUT2D eigenvalue weighted by atomic mass is 35.5. The lowest BCUT2D eigenvalue weighted by molar-refractivity contribution is -0.142. The maximum absolute atomic E-state index is 15.1. The quantitative estimate of drug-likeness (QED) is 0.0924. The zero-order valence-corrected chi connectivity index (χ0v) is 45.5. The molecule has 1 fully saturated rings. The summed E-state index contributed by atoms with van der Waals surface area (Å²) in [5.41, 5.74) is 4.97. The highest BCUT2D eigenvalue weighted by molar-refractivity contribution is 7.91. The Labute approximate surface area is 459 Å². The predicted molar refractivity (Wildman–Crippen MR) is 289 cm³/mol. The second kappa shape index (κ2) is 22.8. The first-order valence-corrected chi connectivity index (χ1v) is 27.7. The van der Waals surface area contributed by atoms with E-state index in [2.05, 4.69) is 21.7 Å². The molecule has 6 aromatic rings. The normalized spacial score (nSPS) is 17.1. The van der Waals surface area contributed by atoms with Gasteiger partial charge >= 0.3 is 12.1 Å². The minimum atomic E-state index is -4.60. The van der Waals surface area contributed by atoms with E-state index in [1.165, 1.54) is 6.92 Å². The Kier molecular flexibility index (Phi) is 16.1. The molecule has 3 N–H and O–H groups in total. The number of benzene rings is 5. The molecule has 3 aliphatic heterocycles. The number of rotatable bonds is 14. The molecule has 3 aliphatic rings. The predicted octanol–water partition coefficient (Wildman–Crippen LogP) is 9.90. The van der Waals surface area contributed by atoms with Crippen LogP contribution in [0.5, 0.6) is 17.2 Å². The van der Waals surface area contributed by atoms with Gasteiger partial charge in [0.1, 0.15) is 36.6 Å². The number of aryl methyl sites for hydroxylation is 1. The van der Waals surface area contributed by atoms with Crippen LogP contribution in [0.15, 0.2) is 107 Å². The summed E-state index contributed by atoms with van der Waals surface area (Å²) in [5, 5.41) is 26.0. The molecule has 1 unspecified atom stereocenters. The number of piperidine rings is 1. The van der Waals surface area contributed by atoms with Crippen molar-refractivity contribution in [2.45, 2.75) is 94.5 Å². The Morgan fingerprint density at radius 1 is 0.883 bits per heavy atom. The number of sulfonamides is 1. The minimum Gasteiger partial charge on any atom is -0.489 e. The molecule has 0 saturated carbocycles. The Bertz CT molecular complexity index is 3370. The van der Waals surface area contributed by atoms with Crippen molar-refractivity contribution in [2.24, 2.45) is 5.92 Å². The molecule has 400 valence electrons. The van der Waals surface area contributed by atoms with Crippen molar-refractivity contribution in [3.8, 4) is 34.4 Å². The lowest BCUT2D eigenvalue weighted by atomic mass is 9.94. The average molecular weight is 1120 g/mol. The standard InChI is InChI=1S/C56H54Cl2N6O11S2/c1-32-53(76-54(60-32)62-50(65)39-19-21-63(22-20-39)55(69)75-56(2,3)4)77(70,71)64-29-41-27-48-47(73-31-49(74-48)38-14-16-42(17-15-38)72-30-35-9-18-43(57)44(58)23-35)26-40(41)25-46(64)51(66)61-45(52(67)68)24-33-5-10-36(11-6-33)37-12-7-34(28-59)8-13-37/h5-18,23,26-27,39,45-46,49H,19-22,24-25,29-31H2,1-4H3,(H,61,66)(H,67,68)(H,60,62,65)/t45-,46-,49?/m0/s1. The second-order valence-electron chi connectivity index (χ2n) is 20.0. The van der Waals surface area contributed by atoms with Gasteiger partial charge in [0.2, 0.25) is 11.8 Å². The number of carboxylic acids is 1. The van der Waals surface area contributed by atoms with E-state index in [1.807, 2.05) is 54.6 Å². The maximum atomic E-state index is 15.1. The molecule has 0 radical (unpaired) electrons. The molecular formula is C56H54Cl2N6O11S2. The minimum absolute atomic E-state index is 0.0342. The summed E-state index contributed by atoms with van der Waals surface area (Å²) in [7, 11) is -4.60. The first-order valence-electron chi connectivity index (χ1n) is 24.7. The van der Waals surface area contributed by atoms with Gasteiger partial charge in [0, 0.05) is 32.0 Å². The van der Waals surface area contributed by atoms with Crippen molar-refractivity contribution in [3.05, 3.63) is 152 Å². The van der Waals surface area contributed by atoms with Crippen molar-refractivity contribution in [1.82, 2.24) is 19.5 Å². The number of aromatic nitrogens is 1. The summed E-state index contributed by atoms with van der Waals surface area (Å²) >= 11 is 13.0. The zero-order valence-electron chi connectivity index (χ0n) is 42.4. The molecule has 77 heavy (non-hydrogen) atoms. The Morgan fingerprint density at radius 3 is 2.19 bits per heavy atom. The van der Waals surface area contributed by atoms with Crippen LogP contribution in [0.25, 0.3) is 11.1 Å². The van der Waals surface area contributed by atoms with Crippen LogP contribution in [0.4, 0.5) is 9.93 Å². The van der Waals surface area contributed by atoms with Crippen molar-refractivity contribution in [1.29, 1.82) is 5.26 Å². The molecule has 9 rings (SSSR count). The van der Waals surface area contributed by atoms with Crippen molar-refractivity contribution >= 4 is 73.6 Å². The summed E-state index contributed by atoms with van der Waals surface area (Å²) in [6.45, 7) is 7.52.